The van der Waals surface area contributed by atoms with E-state index in [0.717, 1.165) is 17.1 Å². The van der Waals surface area contributed by atoms with Crippen molar-refractivity contribution in [3.05, 3.63) is 53.6 Å². The first-order valence-electron chi connectivity index (χ1n) is 8.47. The molecule has 7 nitrogen and oxygen atoms in total. The number of carbonyl (C=O) groups is 2. The summed E-state index contributed by atoms with van der Waals surface area (Å²) >= 11 is 0. The standard InChI is InChI=1S/C20H24N2O5/c1-25-15-8-9-17(26-2)14(12-15)10-11-21-19(23)13-22-20(24)16-6-4-5-7-18(16)27-3/h4-9,12H,10-11,13H2,1-3H3,(H,21,23)(H,22,24). The van der Waals surface area contributed by atoms with Gasteiger partial charge in [-0.3, -0.25) is 9.59 Å². The SMILES string of the molecule is COc1ccc(OC)c(CCNC(=O)CNC(=O)c2ccccc2OC)c1. The lowest BCUT2D eigenvalue weighted by Crippen LogP contribution is -2.37. The number of amides is 2. The van der Waals surface area contributed by atoms with Gasteiger partial charge in [0.15, 0.2) is 0 Å². The van der Waals surface area contributed by atoms with Crippen LogP contribution in [0, 0.1) is 0 Å². The number of benzene rings is 2. The molecular weight excluding hydrogens is 348 g/mol. The first-order chi connectivity index (χ1) is 13.1. The molecule has 2 aromatic rings. The Morgan fingerprint density at radius 2 is 1.63 bits per heavy atom. The van der Waals surface area contributed by atoms with Crippen LogP contribution in [0.15, 0.2) is 42.5 Å². The van der Waals surface area contributed by atoms with E-state index in [4.69, 9.17) is 14.2 Å². The minimum absolute atomic E-state index is 0.119. The smallest absolute Gasteiger partial charge is 0.255 e. The number of para-hydroxylation sites is 1. The van der Waals surface area contributed by atoms with Crippen LogP contribution in [0.5, 0.6) is 17.2 Å². The Morgan fingerprint density at radius 1 is 0.889 bits per heavy atom. The molecule has 2 N–H and O–H groups in total. The van der Waals surface area contributed by atoms with Crippen LogP contribution < -0.4 is 24.8 Å². The molecule has 0 aliphatic carbocycles. The summed E-state index contributed by atoms with van der Waals surface area (Å²) in [5.41, 5.74) is 1.31. The van der Waals surface area contributed by atoms with E-state index in [1.807, 2.05) is 18.2 Å². The molecule has 0 aliphatic rings. The fourth-order valence-corrected chi connectivity index (χ4v) is 2.56. The second-order valence-electron chi connectivity index (χ2n) is 5.66. The Labute approximate surface area is 158 Å². The van der Waals surface area contributed by atoms with Gasteiger partial charge in [0.25, 0.3) is 5.91 Å². The molecule has 27 heavy (non-hydrogen) atoms. The van der Waals surface area contributed by atoms with Gasteiger partial charge in [0, 0.05) is 6.54 Å². The maximum atomic E-state index is 12.2. The Bertz CT molecular complexity index is 792. The highest BCUT2D eigenvalue weighted by Crippen LogP contribution is 2.24. The number of methoxy groups -OCH3 is 3. The van der Waals surface area contributed by atoms with Crippen LogP contribution in [0.4, 0.5) is 0 Å². The third kappa shape index (κ3) is 5.64. The van der Waals surface area contributed by atoms with E-state index in [1.165, 1.54) is 7.11 Å². The van der Waals surface area contributed by atoms with E-state index in [-0.39, 0.29) is 18.4 Å². The molecule has 2 rings (SSSR count). The first-order valence-corrected chi connectivity index (χ1v) is 8.47. The molecule has 0 unspecified atom stereocenters. The summed E-state index contributed by atoms with van der Waals surface area (Å²) in [4.78, 5) is 24.2. The molecule has 0 aromatic heterocycles. The summed E-state index contributed by atoms with van der Waals surface area (Å²) in [7, 11) is 4.68. The molecular formula is C20H24N2O5. The van der Waals surface area contributed by atoms with Gasteiger partial charge in [0.05, 0.1) is 33.4 Å². The van der Waals surface area contributed by atoms with Crippen molar-refractivity contribution >= 4 is 11.8 Å². The van der Waals surface area contributed by atoms with Crippen LogP contribution in [0.1, 0.15) is 15.9 Å². The molecule has 0 radical (unpaired) electrons. The van der Waals surface area contributed by atoms with Crippen molar-refractivity contribution in [2.75, 3.05) is 34.4 Å². The Morgan fingerprint density at radius 3 is 2.33 bits per heavy atom. The molecule has 0 saturated carbocycles. The topological polar surface area (TPSA) is 85.9 Å². The Balaban J connectivity index is 1.82. The third-order valence-corrected chi connectivity index (χ3v) is 3.97. The fraction of sp³-hybridized carbons (Fsp3) is 0.300. The van der Waals surface area contributed by atoms with Crippen LogP contribution in [-0.4, -0.2) is 46.2 Å². The van der Waals surface area contributed by atoms with Crippen molar-refractivity contribution < 1.29 is 23.8 Å². The zero-order valence-corrected chi connectivity index (χ0v) is 15.7. The lowest BCUT2D eigenvalue weighted by atomic mass is 10.1. The maximum absolute atomic E-state index is 12.2. The number of rotatable bonds is 9. The number of nitrogens with one attached hydrogen (secondary N) is 2. The monoisotopic (exact) mass is 372 g/mol. The van der Waals surface area contributed by atoms with Crippen molar-refractivity contribution in [3.8, 4) is 17.2 Å². The van der Waals surface area contributed by atoms with Crippen molar-refractivity contribution in [2.24, 2.45) is 0 Å². The van der Waals surface area contributed by atoms with Gasteiger partial charge >= 0.3 is 0 Å². The van der Waals surface area contributed by atoms with Gasteiger partial charge in [0.1, 0.15) is 17.2 Å². The summed E-state index contributed by atoms with van der Waals surface area (Å²) in [6, 6.07) is 12.3. The average Bonchev–Trinajstić information content (AvgIpc) is 2.71. The molecule has 0 fully saturated rings. The zero-order chi connectivity index (χ0) is 19.6. The van der Waals surface area contributed by atoms with E-state index >= 15 is 0 Å². The molecule has 144 valence electrons. The summed E-state index contributed by atoms with van der Waals surface area (Å²) in [6.07, 6.45) is 0.576. The zero-order valence-electron chi connectivity index (χ0n) is 15.7. The van der Waals surface area contributed by atoms with Gasteiger partial charge in [-0.1, -0.05) is 12.1 Å². The minimum Gasteiger partial charge on any atom is -0.497 e. The van der Waals surface area contributed by atoms with E-state index in [1.54, 1.807) is 38.5 Å². The van der Waals surface area contributed by atoms with Crippen LogP contribution in [0.2, 0.25) is 0 Å². The van der Waals surface area contributed by atoms with Gasteiger partial charge in [0.2, 0.25) is 5.91 Å². The molecule has 0 saturated heterocycles. The minimum atomic E-state index is -0.364. The van der Waals surface area contributed by atoms with Gasteiger partial charge in [-0.25, -0.2) is 0 Å². The van der Waals surface area contributed by atoms with Gasteiger partial charge in [-0.05, 0) is 42.3 Å². The normalized spacial score (nSPS) is 10.0. The van der Waals surface area contributed by atoms with Crippen molar-refractivity contribution in [2.45, 2.75) is 6.42 Å². The lowest BCUT2D eigenvalue weighted by Gasteiger charge is -2.12. The molecule has 0 heterocycles. The van der Waals surface area contributed by atoms with Crippen molar-refractivity contribution in [1.82, 2.24) is 10.6 Å². The van der Waals surface area contributed by atoms with E-state index in [9.17, 15) is 9.59 Å². The van der Waals surface area contributed by atoms with Crippen LogP contribution in [0.3, 0.4) is 0 Å². The number of ether oxygens (including phenoxy) is 3. The highest BCUT2D eigenvalue weighted by molar-refractivity contribution is 5.98. The van der Waals surface area contributed by atoms with Gasteiger partial charge < -0.3 is 24.8 Å². The lowest BCUT2D eigenvalue weighted by molar-refractivity contribution is -0.120. The largest absolute Gasteiger partial charge is 0.497 e. The first kappa shape index (κ1) is 20.1. The predicted octanol–water partition coefficient (Wildman–Crippen LogP) is 1.80. The molecule has 0 atom stereocenters. The molecule has 0 aliphatic heterocycles. The van der Waals surface area contributed by atoms with Crippen LogP contribution >= 0.6 is 0 Å². The van der Waals surface area contributed by atoms with E-state index < -0.39 is 0 Å². The molecule has 7 heteroatoms. The predicted molar refractivity (Wildman–Crippen MR) is 102 cm³/mol. The van der Waals surface area contributed by atoms with E-state index in [0.29, 0.717) is 24.3 Å². The highest BCUT2D eigenvalue weighted by Gasteiger charge is 2.12. The molecule has 2 amide bonds. The van der Waals surface area contributed by atoms with Crippen molar-refractivity contribution in [1.29, 1.82) is 0 Å². The van der Waals surface area contributed by atoms with Crippen LogP contribution in [-0.2, 0) is 11.2 Å². The Hall–Kier alpha value is -3.22. The van der Waals surface area contributed by atoms with Crippen LogP contribution in [0.25, 0.3) is 0 Å². The van der Waals surface area contributed by atoms with Crippen molar-refractivity contribution in [3.63, 3.8) is 0 Å². The summed E-state index contributed by atoms with van der Waals surface area (Å²) < 4.78 is 15.7. The third-order valence-electron chi connectivity index (χ3n) is 3.97. The summed E-state index contributed by atoms with van der Waals surface area (Å²) in [5.74, 6) is 1.27. The molecule has 0 spiro atoms. The fourth-order valence-electron chi connectivity index (χ4n) is 2.56. The second kappa shape index (κ2) is 10.1. The second-order valence-corrected chi connectivity index (χ2v) is 5.66. The number of hydrogen-bond acceptors (Lipinski definition) is 5. The van der Waals surface area contributed by atoms with Gasteiger partial charge in [-0.15, -0.1) is 0 Å². The average molecular weight is 372 g/mol. The summed E-state index contributed by atoms with van der Waals surface area (Å²) in [6.45, 7) is 0.291. The molecule has 2 aromatic carbocycles. The molecule has 0 bridgehead atoms. The number of hydrogen-bond donors (Lipinski definition) is 2. The number of carbonyl (C=O) groups excluding carboxylic acids is 2. The van der Waals surface area contributed by atoms with Gasteiger partial charge in [-0.2, -0.15) is 0 Å². The highest BCUT2D eigenvalue weighted by atomic mass is 16.5. The summed E-state index contributed by atoms with van der Waals surface area (Å²) in [5, 5.41) is 5.36. The quantitative estimate of drug-likeness (QED) is 0.701. The maximum Gasteiger partial charge on any atom is 0.255 e. The van der Waals surface area contributed by atoms with E-state index in [2.05, 4.69) is 10.6 Å². The Kier molecular flexibility index (Phi) is 7.49.